The Morgan fingerprint density at radius 2 is 1.80 bits per heavy atom. The van der Waals surface area contributed by atoms with Gasteiger partial charge in [0, 0.05) is 32.7 Å². The number of hydrogen-bond acceptors (Lipinski definition) is 7. The van der Waals surface area contributed by atoms with Crippen LogP contribution in [0.25, 0.3) is 11.0 Å². The van der Waals surface area contributed by atoms with Gasteiger partial charge in [-0.2, -0.15) is 23.4 Å². The highest BCUT2D eigenvalue weighted by Gasteiger charge is 2.37. The first kappa shape index (κ1) is 27.2. The maximum Gasteiger partial charge on any atom is 0.433 e. The van der Waals surface area contributed by atoms with E-state index in [0.717, 1.165) is 6.07 Å². The van der Waals surface area contributed by atoms with E-state index in [4.69, 9.17) is 0 Å². The molecule has 2 atom stereocenters. The summed E-state index contributed by atoms with van der Waals surface area (Å²) in [5.41, 5.74) is 0.469. The van der Waals surface area contributed by atoms with E-state index in [1.165, 1.54) is 28.8 Å². The summed E-state index contributed by atoms with van der Waals surface area (Å²) in [5.74, 6) is -0.104. The summed E-state index contributed by atoms with van der Waals surface area (Å²) in [6.07, 6.45) is -4.00. The second-order valence-electron chi connectivity index (χ2n) is 9.60. The summed E-state index contributed by atoms with van der Waals surface area (Å²) in [6, 6.07) is 13.8. The molecule has 0 bridgehead atoms. The van der Waals surface area contributed by atoms with E-state index in [1.54, 1.807) is 31.3 Å². The summed E-state index contributed by atoms with van der Waals surface area (Å²) in [6.45, 7) is 3.11. The lowest BCUT2D eigenvalue weighted by Gasteiger charge is -2.45. The van der Waals surface area contributed by atoms with Gasteiger partial charge >= 0.3 is 11.9 Å². The van der Waals surface area contributed by atoms with Crippen molar-refractivity contribution in [3.8, 4) is 6.07 Å². The Morgan fingerprint density at radius 1 is 1.05 bits per heavy atom. The molecule has 0 aliphatic carbocycles. The topological polar surface area (TPSA) is 90.9 Å². The van der Waals surface area contributed by atoms with Gasteiger partial charge in [0.05, 0.1) is 17.3 Å². The molecule has 40 heavy (non-hydrogen) atoms. The van der Waals surface area contributed by atoms with Crippen molar-refractivity contribution < 1.29 is 17.6 Å². The first-order chi connectivity index (χ1) is 19.1. The van der Waals surface area contributed by atoms with Gasteiger partial charge in [0.15, 0.2) is 5.82 Å². The van der Waals surface area contributed by atoms with E-state index in [-0.39, 0.29) is 17.4 Å². The van der Waals surface area contributed by atoms with Crippen LogP contribution in [0.2, 0.25) is 0 Å². The number of nitriles is 1. The standard InChI is InChI=1S/C28H25F4N7O/c1-3-20-16-38(26-24-22(37(2)27(40)36-26)12-11-19(15-33)34-24)13-14-39(20)25(17-7-9-18(29)10-8-17)21-5-4-6-23(35-21)28(30,31)32/h4-12,20,25H,3,13-14,16H2,1-2H3. The molecule has 5 rings (SSSR count). The van der Waals surface area contributed by atoms with E-state index in [9.17, 15) is 27.6 Å². The van der Waals surface area contributed by atoms with E-state index in [1.807, 2.05) is 17.9 Å². The fourth-order valence-corrected chi connectivity index (χ4v) is 5.20. The Kier molecular flexibility index (Phi) is 7.25. The van der Waals surface area contributed by atoms with Crippen molar-refractivity contribution in [1.82, 2.24) is 24.4 Å². The van der Waals surface area contributed by atoms with E-state index in [2.05, 4.69) is 19.9 Å². The molecule has 0 spiro atoms. The van der Waals surface area contributed by atoms with Crippen LogP contribution in [0.15, 0.2) is 59.4 Å². The number of halogens is 4. The number of anilines is 1. The van der Waals surface area contributed by atoms with E-state index in [0.29, 0.717) is 48.5 Å². The van der Waals surface area contributed by atoms with Crippen LogP contribution in [0.5, 0.6) is 0 Å². The fourth-order valence-electron chi connectivity index (χ4n) is 5.20. The summed E-state index contributed by atoms with van der Waals surface area (Å²) in [7, 11) is 1.58. The third-order valence-electron chi connectivity index (χ3n) is 7.21. The molecule has 8 nitrogen and oxygen atoms in total. The maximum atomic E-state index is 13.8. The molecule has 4 aromatic rings. The zero-order valence-corrected chi connectivity index (χ0v) is 21.7. The predicted molar refractivity (Wildman–Crippen MR) is 140 cm³/mol. The van der Waals surface area contributed by atoms with Gasteiger partial charge < -0.3 is 4.90 Å². The molecule has 1 aliphatic rings. The van der Waals surface area contributed by atoms with Gasteiger partial charge in [0.2, 0.25) is 0 Å². The van der Waals surface area contributed by atoms with Crippen LogP contribution in [-0.2, 0) is 13.2 Å². The lowest BCUT2D eigenvalue weighted by molar-refractivity contribution is -0.141. The van der Waals surface area contributed by atoms with Crippen LogP contribution < -0.4 is 10.6 Å². The monoisotopic (exact) mass is 551 g/mol. The fraction of sp³-hybridized carbons (Fsp3) is 0.321. The molecule has 1 saturated heterocycles. The molecule has 0 saturated carbocycles. The molecule has 0 radical (unpaired) electrons. The SMILES string of the molecule is CCC1CN(c2nc(=O)n(C)c3ccc(C#N)nc23)CCN1C(c1ccc(F)cc1)c1cccc(C(F)(F)F)n1. The van der Waals surface area contributed by atoms with Crippen molar-refractivity contribution in [3.63, 3.8) is 0 Å². The molecule has 12 heteroatoms. The number of aromatic nitrogens is 4. The van der Waals surface area contributed by atoms with Crippen LogP contribution in [0.4, 0.5) is 23.4 Å². The predicted octanol–water partition coefficient (Wildman–Crippen LogP) is 4.44. The zero-order valence-electron chi connectivity index (χ0n) is 21.7. The molecule has 1 aromatic carbocycles. The second kappa shape index (κ2) is 10.7. The van der Waals surface area contributed by atoms with Crippen molar-refractivity contribution in [2.24, 2.45) is 7.05 Å². The molecule has 1 fully saturated rings. The van der Waals surface area contributed by atoms with Crippen LogP contribution in [0, 0.1) is 17.1 Å². The molecular formula is C28H25F4N7O. The molecule has 4 heterocycles. The quantitative estimate of drug-likeness (QED) is 0.339. The van der Waals surface area contributed by atoms with Crippen molar-refractivity contribution in [1.29, 1.82) is 5.26 Å². The second-order valence-corrected chi connectivity index (χ2v) is 9.60. The van der Waals surface area contributed by atoms with Gasteiger partial charge in [0.1, 0.15) is 28.8 Å². The van der Waals surface area contributed by atoms with Crippen LogP contribution in [-0.4, -0.2) is 50.1 Å². The largest absolute Gasteiger partial charge is 0.433 e. The average molecular weight is 552 g/mol. The number of rotatable bonds is 5. The van der Waals surface area contributed by atoms with Gasteiger partial charge in [-0.25, -0.2) is 19.2 Å². The molecule has 0 N–H and O–H groups in total. The zero-order chi connectivity index (χ0) is 28.6. The van der Waals surface area contributed by atoms with Crippen LogP contribution in [0.1, 0.15) is 42.0 Å². The third-order valence-corrected chi connectivity index (χ3v) is 7.21. The van der Waals surface area contributed by atoms with Crippen molar-refractivity contribution in [3.05, 3.63) is 93.5 Å². The van der Waals surface area contributed by atoms with Crippen molar-refractivity contribution in [2.75, 3.05) is 24.5 Å². The van der Waals surface area contributed by atoms with Gasteiger partial charge in [-0.3, -0.25) is 9.47 Å². The Balaban J connectivity index is 1.56. The Morgan fingerprint density at radius 3 is 2.48 bits per heavy atom. The highest BCUT2D eigenvalue weighted by Crippen LogP contribution is 2.36. The first-order valence-electron chi connectivity index (χ1n) is 12.7. The molecular weight excluding hydrogens is 526 g/mol. The van der Waals surface area contributed by atoms with Gasteiger partial charge in [-0.15, -0.1) is 0 Å². The molecule has 1 aliphatic heterocycles. The minimum Gasteiger partial charge on any atom is -0.352 e. The molecule has 2 unspecified atom stereocenters. The van der Waals surface area contributed by atoms with Crippen LogP contribution >= 0.6 is 0 Å². The number of piperazine rings is 1. The molecule has 0 amide bonds. The van der Waals surface area contributed by atoms with E-state index < -0.39 is 29.4 Å². The summed E-state index contributed by atoms with van der Waals surface area (Å²) in [5, 5.41) is 9.38. The van der Waals surface area contributed by atoms with E-state index >= 15 is 0 Å². The smallest absolute Gasteiger partial charge is 0.352 e. The summed E-state index contributed by atoms with van der Waals surface area (Å²) >= 11 is 0. The van der Waals surface area contributed by atoms with Crippen LogP contribution in [0.3, 0.4) is 0 Å². The number of nitrogens with zero attached hydrogens (tertiary/aromatic N) is 7. The highest BCUT2D eigenvalue weighted by molar-refractivity contribution is 5.86. The highest BCUT2D eigenvalue weighted by atomic mass is 19.4. The minimum absolute atomic E-state index is 0.187. The van der Waals surface area contributed by atoms with Gasteiger partial charge in [0.25, 0.3) is 0 Å². The number of benzene rings is 1. The Hall–Kier alpha value is -4.37. The lowest BCUT2D eigenvalue weighted by atomic mass is 9.96. The molecule has 206 valence electrons. The average Bonchev–Trinajstić information content (AvgIpc) is 2.95. The Bertz CT molecular complexity index is 1650. The number of fused-ring (bicyclic) bond motifs is 1. The third kappa shape index (κ3) is 5.12. The number of alkyl halides is 3. The molecule has 3 aromatic heterocycles. The van der Waals surface area contributed by atoms with Crippen molar-refractivity contribution in [2.45, 2.75) is 31.6 Å². The first-order valence-corrected chi connectivity index (χ1v) is 12.7. The number of aryl methyl sites for hydroxylation is 1. The number of hydrogen-bond donors (Lipinski definition) is 0. The summed E-state index contributed by atoms with van der Waals surface area (Å²) < 4.78 is 55.8. The summed E-state index contributed by atoms with van der Waals surface area (Å²) in [4.78, 5) is 29.3. The normalized spacial score (nSPS) is 17.1. The minimum atomic E-state index is -4.62. The van der Waals surface area contributed by atoms with Crippen molar-refractivity contribution >= 4 is 16.9 Å². The maximum absolute atomic E-state index is 13.8. The van der Waals surface area contributed by atoms with Gasteiger partial charge in [-0.1, -0.05) is 25.1 Å². The lowest BCUT2D eigenvalue weighted by Crippen LogP contribution is -2.55. The van der Waals surface area contributed by atoms with Gasteiger partial charge in [-0.05, 0) is 48.4 Å². The number of pyridine rings is 2. The Labute approximate surface area is 227 Å².